The molecule has 0 aliphatic heterocycles. The quantitative estimate of drug-likeness (QED) is 0.421. The van der Waals surface area contributed by atoms with Crippen LogP contribution < -0.4 is 9.46 Å². The second kappa shape index (κ2) is 10.4. The second-order valence-corrected chi connectivity index (χ2v) is 10.2. The first-order valence-corrected chi connectivity index (χ1v) is 13.0. The molecule has 0 amide bonds. The number of nitrogens with zero attached hydrogens (tertiary/aromatic N) is 2. The topological polar surface area (TPSA) is 99.5 Å². The van der Waals surface area contributed by atoms with Crippen LogP contribution in [0, 0.1) is 0 Å². The van der Waals surface area contributed by atoms with Gasteiger partial charge in [0.1, 0.15) is 22.9 Å². The number of nitrogens with one attached hydrogen (secondary N) is 1. The minimum atomic E-state index is -3.95. The van der Waals surface area contributed by atoms with Crippen molar-refractivity contribution in [3.05, 3.63) is 70.0 Å². The largest absolute Gasteiger partial charge is 0.465 e. The van der Waals surface area contributed by atoms with E-state index in [1.165, 1.54) is 18.2 Å². The lowest BCUT2D eigenvalue weighted by molar-refractivity contribution is -0.144. The van der Waals surface area contributed by atoms with E-state index in [0.717, 1.165) is 17.7 Å². The molecule has 0 fully saturated rings. The van der Waals surface area contributed by atoms with Gasteiger partial charge in [0.15, 0.2) is 0 Å². The van der Waals surface area contributed by atoms with Gasteiger partial charge in [0.2, 0.25) is 10.0 Å². The molecule has 8 nitrogen and oxygen atoms in total. The number of sulfonamides is 1. The van der Waals surface area contributed by atoms with Crippen molar-refractivity contribution in [2.75, 3.05) is 6.61 Å². The number of hydrogen-bond acceptors (Lipinski definition) is 6. The standard InChI is InChI=1S/C23H23Cl2N3O5S/c1-2-32-23(29)14-28-20-8-5-7-19(16(20)13-26-28)27-34(30,31)22-11-10-15(12-18(22)25)33-21-9-4-3-6-17(21)24/h3-4,6,9-13,19,27H,2,5,7-8,14H2,1H3/t19-/m1/s1. The van der Waals surface area contributed by atoms with E-state index in [-0.39, 0.29) is 29.0 Å². The molecule has 1 aliphatic carbocycles. The van der Waals surface area contributed by atoms with Crippen molar-refractivity contribution in [3.8, 4) is 11.5 Å². The van der Waals surface area contributed by atoms with E-state index in [2.05, 4.69) is 9.82 Å². The molecular weight excluding hydrogens is 501 g/mol. The lowest BCUT2D eigenvalue weighted by atomic mass is 9.94. The minimum absolute atomic E-state index is 0.0125. The first kappa shape index (κ1) is 24.5. The highest BCUT2D eigenvalue weighted by Gasteiger charge is 2.30. The zero-order valence-corrected chi connectivity index (χ0v) is 20.7. The summed E-state index contributed by atoms with van der Waals surface area (Å²) in [4.78, 5) is 11.8. The molecule has 1 aliphatic rings. The Bertz CT molecular complexity index is 1310. The van der Waals surface area contributed by atoms with Crippen LogP contribution in [-0.2, 0) is 32.5 Å². The molecule has 34 heavy (non-hydrogen) atoms. The number of ether oxygens (including phenoxy) is 2. The highest BCUT2D eigenvalue weighted by atomic mass is 35.5. The van der Waals surface area contributed by atoms with E-state index < -0.39 is 16.1 Å². The maximum atomic E-state index is 13.2. The van der Waals surface area contributed by atoms with E-state index in [9.17, 15) is 13.2 Å². The molecule has 1 aromatic heterocycles. The fraction of sp³-hybridized carbons (Fsp3) is 0.304. The zero-order chi connectivity index (χ0) is 24.3. The Labute approximate surface area is 207 Å². The van der Waals surface area contributed by atoms with E-state index in [4.69, 9.17) is 32.7 Å². The molecule has 0 bridgehead atoms. The van der Waals surface area contributed by atoms with Gasteiger partial charge in [-0.05, 0) is 50.5 Å². The molecule has 1 heterocycles. The van der Waals surface area contributed by atoms with Crippen LogP contribution in [0.3, 0.4) is 0 Å². The number of rotatable bonds is 8. The van der Waals surface area contributed by atoms with Gasteiger partial charge >= 0.3 is 5.97 Å². The van der Waals surface area contributed by atoms with Gasteiger partial charge in [-0.2, -0.15) is 5.10 Å². The molecule has 1 atom stereocenters. The zero-order valence-electron chi connectivity index (χ0n) is 18.3. The molecule has 3 aromatic rings. The fourth-order valence-electron chi connectivity index (χ4n) is 3.87. The average Bonchev–Trinajstić information content (AvgIpc) is 3.19. The molecule has 1 N–H and O–H groups in total. The van der Waals surface area contributed by atoms with E-state index in [1.807, 2.05) is 0 Å². The number of carbonyl (C=O) groups excluding carboxylic acids is 1. The maximum Gasteiger partial charge on any atom is 0.327 e. The molecule has 0 radical (unpaired) electrons. The van der Waals surface area contributed by atoms with Crippen molar-refractivity contribution in [3.63, 3.8) is 0 Å². The molecule has 4 rings (SSSR count). The molecule has 0 unspecified atom stereocenters. The van der Waals surface area contributed by atoms with Gasteiger partial charge in [-0.25, -0.2) is 13.1 Å². The number of benzene rings is 2. The van der Waals surface area contributed by atoms with Crippen molar-refractivity contribution >= 4 is 39.2 Å². The summed E-state index contributed by atoms with van der Waals surface area (Å²) in [6.45, 7) is 2.01. The smallest absolute Gasteiger partial charge is 0.327 e. The van der Waals surface area contributed by atoms with Crippen LogP contribution in [0.5, 0.6) is 11.5 Å². The number of fused-ring (bicyclic) bond motifs is 1. The molecule has 180 valence electrons. The Morgan fingerprint density at radius 2 is 2.00 bits per heavy atom. The van der Waals surface area contributed by atoms with Crippen molar-refractivity contribution in [1.82, 2.24) is 14.5 Å². The van der Waals surface area contributed by atoms with Gasteiger partial charge in [-0.1, -0.05) is 35.3 Å². The molecule has 0 saturated carbocycles. The summed E-state index contributed by atoms with van der Waals surface area (Å²) in [7, 11) is -3.95. The van der Waals surface area contributed by atoms with Crippen molar-refractivity contribution in [2.24, 2.45) is 0 Å². The lowest BCUT2D eigenvalue weighted by Gasteiger charge is -2.24. The predicted molar refractivity (Wildman–Crippen MR) is 128 cm³/mol. The van der Waals surface area contributed by atoms with Gasteiger partial charge in [-0.3, -0.25) is 9.48 Å². The average molecular weight is 524 g/mol. The summed E-state index contributed by atoms with van der Waals surface area (Å²) in [6.07, 6.45) is 3.64. The number of para-hydroxylation sites is 1. The Kier molecular flexibility index (Phi) is 7.47. The third kappa shape index (κ3) is 5.38. The summed E-state index contributed by atoms with van der Waals surface area (Å²) in [5.41, 5.74) is 1.57. The Hall–Kier alpha value is -2.59. The summed E-state index contributed by atoms with van der Waals surface area (Å²) in [6, 6.07) is 10.8. The van der Waals surface area contributed by atoms with Crippen molar-refractivity contribution in [2.45, 2.75) is 43.7 Å². The van der Waals surface area contributed by atoms with E-state index in [0.29, 0.717) is 29.4 Å². The van der Waals surface area contributed by atoms with Gasteiger partial charge in [0, 0.05) is 17.3 Å². The lowest BCUT2D eigenvalue weighted by Crippen LogP contribution is -2.31. The highest BCUT2D eigenvalue weighted by Crippen LogP contribution is 2.35. The summed E-state index contributed by atoms with van der Waals surface area (Å²) in [5.74, 6) is 0.405. The van der Waals surface area contributed by atoms with Crippen LogP contribution in [0.2, 0.25) is 10.0 Å². The summed E-state index contributed by atoms with van der Waals surface area (Å²) < 4.78 is 41.4. The van der Waals surface area contributed by atoms with Crippen LogP contribution in [0.25, 0.3) is 0 Å². The van der Waals surface area contributed by atoms with Gasteiger partial charge < -0.3 is 9.47 Å². The Balaban J connectivity index is 1.52. The second-order valence-electron chi connectivity index (χ2n) is 7.70. The van der Waals surface area contributed by atoms with Crippen molar-refractivity contribution < 1.29 is 22.7 Å². The fourth-order valence-corrected chi connectivity index (χ4v) is 5.83. The highest BCUT2D eigenvalue weighted by molar-refractivity contribution is 7.89. The monoisotopic (exact) mass is 523 g/mol. The van der Waals surface area contributed by atoms with Crippen LogP contribution >= 0.6 is 23.2 Å². The van der Waals surface area contributed by atoms with Crippen LogP contribution in [0.1, 0.15) is 37.1 Å². The molecule has 2 aromatic carbocycles. The third-order valence-electron chi connectivity index (χ3n) is 5.40. The van der Waals surface area contributed by atoms with Gasteiger partial charge in [-0.15, -0.1) is 0 Å². The third-order valence-corrected chi connectivity index (χ3v) is 7.67. The minimum Gasteiger partial charge on any atom is -0.465 e. The predicted octanol–water partition coefficient (Wildman–Crippen LogP) is 4.90. The number of hydrogen-bond donors (Lipinski definition) is 1. The SMILES string of the molecule is CCOC(=O)Cn1ncc2c1CCC[C@H]2NS(=O)(=O)c1ccc(Oc2ccccc2Cl)cc1Cl. The summed E-state index contributed by atoms with van der Waals surface area (Å²) in [5, 5.41) is 4.72. The number of aromatic nitrogens is 2. The van der Waals surface area contributed by atoms with Gasteiger partial charge in [0.05, 0.1) is 28.9 Å². The summed E-state index contributed by atoms with van der Waals surface area (Å²) >= 11 is 12.4. The van der Waals surface area contributed by atoms with Crippen LogP contribution in [-0.4, -0.2) is 30.8 Å². The van der Waals surface area contributed by atoms with Crippen LogP contribution in [0.4, 0.5) is 0 Å². The van der Waals surface area contributed by atoms with E-state index >= 15 is 0 Å². The maximum absolute atomic E-state index is 13.2. The number of halogens is 2. The van der Waals surface area contributed by atoms with Crippen LogP contribution in [0.15, 0.2) is 53.6 Å². The van der Waals surface area contributed by atoms with Gasteiger partial charge in [0.25, 0.3) is 0 Å². The first-order chi connectivity index (χ1) is 16.3. The number of carbonyl (C=O) groups is 1. The first-order valence-electron chi connectivity index (χ1n) is 10.7. The molecule has 0 saturated heterocycles. The molecule has 0 spiro atoms. The van der Waals surface area contributed by atoms with E-state index in [1.54, 1.807) is 42.1 Å². The normalized spacial score (nSPS) is 15.6. The van der Waals surface area contributed by atoms with Crippen molar-refractivity contribution in [1.29, 1.82) is 0 Å². The number of esters is 1. The molecule has 11 heteroatoms. The Morgan fingerprint density at radius 1 is 1.21 bits per heavy atom. The Morgan fingerprint density at radius 3 is 2.74 bits per heavy atom. The molecular formula is C23H23Cl2N3O5S.